The summed E-state index contributed by atoms with van der Waals surface area (Å²) < 4.78 is 60.8. The van der Waals surface area contributed by atoms with Gasteiger partial charge in [-0.05, 0) is 24.3 Å². The molecule has 2 aromatic carbocycles. The Kier molecular flexibility index (Phi) is 6.09. The standard InChI is InChI=1S/C18H12F4N2O3S/c19-10-5-6-15(12(20)7-10)26-8-16(25)24-18-23-13(9-28-18)11-3-1-2-4-14(11)27-17(21)22/h1-7,9,17H,8H2,(H,23,24,25). The Morgan fingerprint density at radius 3 is 2.68 bits per heavy atom. The van der Waals surface area contributed by atoms with Gasteiger partial charge in [-0.15, -0.1) is 11.3 Å². The molecule has 0 aliphatic rings. The van der Waals surface area contributed by atoms with Gasteiger partial charge < -0.3 is 9.47 Å². The highest BCUT2D eigenvalue weighted by atomic mass is 32.1. The van der Waals surface area contributed by atoms with Crippen molar-refractivity contribution in [3.05, 3.63) is 59.5 Å². The summed E-state index contributed by atoms with van der Waals surface area (Å²) in [5.74, 6) is -2.63. The Morgan fingerprint density at radius 1 is 1.14 bits per heavy atom. The second kappa shape index (κ2) is 8.70. The summed E-state index contributed by atoms with van der Waals surface area (Å²) in [7, 11) is 0. The van der Waals surface area contributed by atoms with E-state index in [1.807, 2.05) is 0 Å². The predicted octanol–water partition coefficient (Wildman–Crippen LogP) is 4.71. The van der Waals surface area contributed by atoms with Crippen molar-refractivity contribution in [3.63, 3.8) is 0 Å². The third-order valence-electron chi connectivity index (χ3n) is 3.38. The van der Waals surface area contributed by atoms with E-state index in [9.17, 15) is 22.4 Å². The molecule has 0 saturated carbocycles. The van der Waals surface area contributed by atoms with Crippen LogP contribution in [0.3, 0.4) is 0 Å². The third-order valence-corrected chi connectivity index (χ3v) is 4.14. The number of carbonyl (C=O) groups excluding carboxylic acids is 1. The van der Waals surface area contributed by atoms with Crippen molar-refractivity contribution in [2.45, 2.75) is 6.61 Å². The summed E-state index contributed by atoms with van der Waals surface area (Å²) in [6.07, 6.45) is 0. The zero-order valence-electron chi connectivity index (χ0n) is 14.0. The Bertz CT molecular complexity index is 981. The minimum Gasteiger partial charge on any atom is -0.481 e. The first-order chi connectivity index (χ1) is 13.4. The molecule has 0 aliphatic carbocycles. The molecule has 28 heavy (non-hydrogen) atoms. The highest BCUT2D eigenvalue weighted by Gasteiger charge is 2.15. The van der Waals surface area contributed by atoms with Crippen molar-refractivity contribution in [2.75, 3.05) is 11.9 Å². The summed E-state index contributed by atoms with van der Waals surface area (Å²) in [5, 5.41) is 4.20. The number of hydrogen-bond donors (Lipinski definition) is 1. The Hall–Kier alpha value is -3.14. The second-order valence-corrected chi connectivity index (χ2v) is 6.18. The fourth-order valence-corrected chi connectivity index (χ4v) is 2.95. The fourth-order valence-electron chi connectivity index (χ4n) is 2.22. The summed E-state index contributed by atoms with van der Waals surface area (Å²) in [6.45, 7) is -3.51. The van der Waals surface area contributed by atoms with Gasteiger partial charge >= 0.3 is 6.61 Å². The summed E-state index contributed by atoms with van der Waals surface area (Å²) in [5.41, 5.74) is 0.672. The van der Waals surface area contributed by atoms with Gasteiger partial charge in [0.1, 0.15) is 11.6 Å². The molecule has 0 saturated heterocycles. The van der Waals surface area contributed by atoms with Crippen LogP contribution in [0.2, 0.25) is 0 Å². The molecule has 0 radical (unpaired) electrons. The Balaban J connectivity index is 1.64. The normalized spacial score (nSPS) is 10.8. The quantitative estimate of drug-likeness (QED) is 0.571. The molecule has 0 fully saturated rings. The monoisotopic (exact) mass is 412 g/mol. The SMILES string of the molecule is O=C(COc1ccc(F)cc1F)Nc1nc(-c2ccccc2OC(F)F)cs1. The number of nitrogens with one attached hydrogen (secondary N) is 1. The zero-order valence-corrected chi connectivity index (χ0v) is 14.8. The summed E-state index contributed by atoms with van der Waals surface area (Å²) in [6, 6.07) is 8.82. The minimum atomic E-state index is -2.98. The van der Waals surface area contributed by atoms with Crippen molar-refractivity contribution < 1.29 is 31.8 Å². The number of rotatable bonds is 7. The van der Waals surface area contributed by atoms with E-state index in [0.29, 0.717) is 17.3 Å². The van der Waals surface area contributed by atoms with Gasteiger partial charge in [-0.1, -0.05) is 12.1 Å². The van der Waals surface area contributed by atoms with E-state index >= 15 is 0 Å². The second-order valence-electron chi connectivity index (χ2n) is 5.32. The number of halogens is 4. The van der Waals surface area contributed by atoms with Crippen molar-refractivity contribution in [3.8, 4) is 22.8 Å². The highest BCUT2D eigenvalue weighted by Crippen LogP contribution is 2.33. The Labute approximate surface area is 160 Å². The van der Waals surface area contributed by atoms with Crippen LogP contribution in [0.15, 0.2) is 47.8 Å². The lowest BCUT2D eigenvalue weighted by molar-refractivity contribution is -0.118. The molecule has 1 amide bonds. The molecule has 146 valence electrons. The molecule has 5 nitrogen and oxygen atoms in total. The number of thiazole rings is 1. The first-order valence-electron chi connectivity index (χ1n) is 7.80. The van der Waals surface area contributed by atoms with E-state index in [-0.39, 0.29) is 16.6 Å². The lowest BCUT2D eigenvalue weighted by atomic mass is 10.1. The average molecular weight is 412 g/mol. The van der Waals surface area contributed by atoms with Crippen molar-refractivity contribution in [1.29, 1.82) is 0 Å². The number of anilines is 1. The zero-order chi connectivity index (χ0) is 20.1. The molecule has 3 aromatic rings. The molecule has 1 aromatic heterocycles. The Morgan fingerprint density at radius 2 is 1.93 bits per heavy atom. The molecule has 1 heterocycles. The number of ether oxygens (including phenoxy) is 2. The molecule has 0 spiro atoms. The fraction of sp³-hybridized carbons (Fsp3) is 0.111. The van der Waals surface area contributed by atoms with E-state index in [4.69, 9.17) is 4.74 Å². The van der Waals surface area contributed by atoms with Crippen molar-refractivity contribution >= 4 is 22.4 Å². The van der Waals surface area contributed by atoms with Crippen LogP contribution < -0.4 is 14.8 Å². The molecular formula is C18H12F4N2O3S. The van der Waals surface area contributed by atoms with Crippen LogP contribution in [0.4, 0.5) is 22.7 Å². The van der Waals surface area contributed by atoms with E-state index in [2.05, 4.69) is 15.0 Å². The maximum Gasteiger partial charge on any atom is 0.387 e. The van der Waals surface area contributed by atoms with E-state index in [0.717, 1.165) is 23.5 Å². The van der Waals surface area contributed by atoms with Gasteiger partial charge in [0.25, 0.3) is 5.91 Å². The highest BCUT2D eigenvalue weighted by molar-refractivity contribution is 7.14. The van der Waals surface area contributed by atoms with Gasteiger partial charge in [0.2, 0.25) is 0 Å². The number of alkyl halides is 2. The molecule has 0 aliphatic heterocycles. The number of carbonyl (C=O) groups is 1. The third kappa shape index (κ3) is 4.97. The molecule has 1 N–H and O–H groups in total. The van der Waals surface area contributed by atoms with Crippen LogP contribution in [0.1, 0.15) is 0 Å². The smallest absolute Gasteiger partial charge is 0.387 e. The number of aromatic nitrogens is 1. The average Bonchev–Trinajstić information content (AvgIpc) is 3.09. The van der Waals surface area contributed by atoms with Crippen molar-refractivity contribution in [2.24, 2.45) is 0 Å². The van der Waals surface area contributed by atoms with E-state index in [1.54, 1.807) is 23.6 Å². The van der Waals surface area contributed by atoms with Crippen LogP contribution >= 0.6 is 11.3 Å². The van der Waals surface area contributed by atoms with Crippen LogP contribution in [0, 0.1) is 11.6 Å². The van der Waals surface area contributed by atoms with Crippen LogP contribution in [-0.2, 0) is 4.79 Å². The lowest BCUT2D eigenvalue weighted by Gasteiger charge is -2.08. The van der Waals surface area contributed by atoms with Crippen LogP contribution in [0.25, 0.3) is 11.3 Å². The lowest BCUT2D eigenvalue weighted by Crippen LogP contribution is -2.20. The molecule has 0 unspecified atom stereocenters. The molecular weight excluding hydrogens is 400 g/mol. The maximum atomic E-state index is 13.5. The number of para-hydroxylation sites is 1. The van der Waals surface area contributed by atoms with Gasteiger partial charge in [0.15, 0.2) is 23.3 Å². The van der Waals surface area contributed by atoms with Gasteiger partial charge in [-0.3, -0.25) is 10.1 Å². The van der Waals surface area contributed by atoms with Gasteiger partial charge in [0.05, 0.1) is 5.69 Å². The number of benzene rings is 2. The van der Waals surface area contributed by atoms with E-state index < -0.39 is 30.8 Å². The first kappa shape index (κ1) is 19.6. The molecule has 10 heteroatoms. The number of amides is 1. The number of nitrogens with zero attached hydrogens (tertiary/aromatic N) is 1. The van der Waals surface area contributed by atoms with Gasteiger partial charge in [-0.25, -0.2) is 13.8 Å². The van der Waals surface area contributed by atoms with Gasteiger partial charge in [0, 0.05) is 17.0 Å². The predicted molar refractivity (Wildman–Crippen MR) is 94.7 cm³/mol. The largest absolute Gasteiger partial charge is 0.481 e. The molecule has 3 rings (SSSR count). The van der Waals surface area contributed by atoms with Crippen LogP contribution in [0.5, 0.6) is 11.5 Å². The minimum absolute atomic E-state index is 0.0456. The number of hydrogen-bond acceptors (Lipinski definition) is 5. The van der Waals surface area contributed by atoms with Gasteiger partial charge in [-0.2, -0.15) is 8.78 Å². The summed E-state index contributed by atoms with van der Waals surface area (Å²) in [4.78, 5) is 16.1. The molecule has 0 atom stereocenters. The molecule has 0 bridgehead atoms. The van der Waals surface area contributed by atoms with Crippen LogP contribution in [-0.4, -0.2) is 24.1 Å². The maximum absolute atomic E-state index is 13.5. The van der Waals surface area contributed by atoms with Crippen molar-refractivity contribution in [1.82, 2.24) is 4.98 Å². The van der Waals surface area contributed by atoms with E-state index in [1.165, 1.54) is 6.07 Å². The summed E-state index contributed by atoms with van der Waals surface area (Å²) >= 11 is 1.06. The topological polar surface area (TPSA) is 60.5 Å². The first-order valence-corrected chi connectivity index (χ1v) is 8.68.